The van der Waals surface area contributed by atoms with E-state index in [-0.39, 0.29) is 6.10 Å². The van der Waals surface area contributed by atoms with Crippen LogP contribution in [0.2, 0.25) is 0 Å². The predicted octanol–water partition coefficient (Wildman–Crippen LogP) is 8.65. The van der Waals surface area contributed by atoms with E-state index in [1.54, 1.807) is 5.57 Å². The van der Waals surface area contributed by atoms with Gasteiger partial charge in [-0.25, -0.2) is 0 Å². The highest BCUT2D eigenvalue weighted by atomic mass is 16.3. The first-order chi connectivity index (χ1) is 14.1. The summed E-state index contributed by atoms with van der Waals surface area (Å²) in [6.45, 7) is 16.3. The molecule has 2 aliphatic rings. The Bertz CT molecular complexity index is 620. The van der Waals surface area contributed by atoms with Gasteiger partial charge in [0.15, 0.2) is 0 Å². The van der Waals surface area contributed by atoms with E-state index in [4.69, 9.17) is 0 Å². The van der Waals surface area contributed by atoms with Crippen molar-refractivity contribution in [2.45, 2.75) is 119 Å². The van der Waals surface area contributed by atoms with Crippen LogP contribution in [-0.2, 0) is 0 Å². The van der Waals surface area contributed by atoms with Crippen molar-refractivity contribution in [3.63, 3.8) is 0 Å². The lowest BCUT2D eigenvalue weighted by atomic mass is 9.49. The second-order valence-corrected chi connectivity index (χ2v) is 11.3. The van der Waals surface area contributed by atoms with Crippen molar-refractivity contribution < 1.29 is 5.11 Å². The predicted molar refractivity (Wildman–Crippen MR) is 133 cm³/mol. The van der Waals surface area contributed by atoms with Gasteiger partial charge in [0.1, 0.15) is 0 Å². The molecule has 2 saturated carbocycles. The Morgan fingerprint density at radius 2 is 1.47 bits per heavy atom. The van der Waals surface area contributed by atoms with Gasteiger partial charge in [-0.3, -0.25) is 0 Å². The summed E-state index contributed by atoms with van der Waals surface area (Å²) in [7, 11) is 0. The summed E-state index contributed by atoms with van der Waals surface area (Å²) in [6, 6.07) is 0. The van der Waals surface area contributed by atoms with Crippen LogP contribution in [0, 0.1) is 29.1 Å². The summed E-state index contributed by atoms with van der Waals surface area (Å²) in [5.74, 6) is 2.83. The highest BCUT2D eigenvalue weighted by molar-refractivity contribution is 5.06. The number of aliphatic hydroxyl groups excluding tert-OH is 1. The molecule has 0 aromatic heterocycles. The van der Waals surface area contributed by atoms with Gasteiger partial charge < -0.3 is 5.11 Å². The molecule has 172 valence electrons. The Labute approximate surface area is 188 Å². The van der Waals surface area contributed by atoms with Crippen molar-refractivity contribution in [1.82, 2.24) is 0 Å². The molecule has 1 heteroatoms. The molecule has 1 N–H and O–H groups in total. The molecule has 6 atom stereocenters. The van der Waals surface area contributed by atoms with Crippen LogP contribution in [0.3, 0.4) is 0 Å². The van der Waals surface area contributed by atoms with Crippen LogP contribution in [-0.4, -0.2) is 11.2 Å². The maximum absolute atomic E-state index is 10.4. The number of aliphatic hydroxyl groups is 1. The third-order valence-corrected chi connectivity index (χ3v) is 8.63. The van der Waals surface area contributed by atoms with Crippen LogP contribution in [0.4, 0.5) is 0 Å². The normalized spacial score (nSPS) is 35.1. The van der Waals surface area contributed by atoms with Crippen molar-refractivity contribution in [2.75, 3.05) is 0 Å². The van der Waals surface area contributed by atoms with Crippen molar-refractivity contribution >= 4 is 0 Å². The molecule has 0 aromatic rings. The number of fused-ring (bicyclic) bond motifs is 1. The first-order valence-electron chi connectivity index (χ1n) is 12.8. The lowest BCUT2D eigenvalue weighted by Gasteiger charge is -2.56. The molecule has 30 heavy (non-hydrogen) atoms. The summed E-state index contributed by atoms with van der Waals surface area (Å²) in [4.78, 5) is 0. The van der Waals surface area contributed by atoms with Gasteiger partial charge in [0.25, 0.3) is 0 Å². The largest absolute Gasteiger partial charge is 0.393 e. The molecule has 0 heterocycles. The average molecular weight is 415 g/mol. The smallest absolute Gasteiger partial charge is 0.0568 e. The average Bonchev–Trinajstić information content (AvgIpc) is 2.67. The molecule has 2 aliphatic carbocycles. The number of allylic oxidation sites excluding steroid dienone is 6. The minimum absolute atomic E-state index is 0.0715. The van der Waals surface area contributed by atoms with Crippen LogP contribution in [0.15, 0.2) is 34.9 Å². The maximum Gasteiger partial charge on any atom is 0.0568 e. The zero-order chi connectivity index (χ0) is 22.3. The Morgan fingerprint density at radius 1 is 0.867 bits per heavy atom. The zero-order valence-corrected chi connectivity index (χ0v) is 21.1. The van der Waals surface area contributed by atoms with E-state index in [1.807, 2.05) is 0 Å². The van der Waals surface area contributed by atoms with Gasteiger partial charge in [-0.15, -0.1) is 0 Å². The fourth-order valence-electron chi connectivity index (χ4n) is 6.58. The molecule has 0 radical (unpaired) electrons. The molecule has 0 saturated heterocycles. The van der Waals surface area contributed by atoms with E-state index in [9.17, 15) is 5.11 Å². The van der Waals surface area contributed by atoms with E-state index in [2.05, 4.69) is 66.7 Å². The Morgan fingerprint density at radius 3 is 2.10 bits per heavy atom. The first kappa shape index (κ1) is 25.4. The lowest BCUT2D eigenvalue weighted by molar-refractivity contribution is -0.104. The summed E-state index contributed by atoms with van der Waals surface area (Å²) < 4.78 is 0. The molecule has 0 aromatic carbocycles. The Kier molecular flexibility index (Phi) is 9.92. The zero-order valence-electron chi connectivity index (χ0n) is 21.1. The standard InChI is InChI=1S/C29H50O/c1-21(2)11-8-12-22(3)13-9-14-23(4)15-10-16-26-24(5)17-18-27-25(6)28(30)19-20-29(26,27)7/h11,13,15,24-28,30H,8-10,12,14,16-20H2,1-7H3/b22-13+,23-15+/t24-,25+,26-,27?,28-,29+/m0/s1. The van der Waals surface area contributed by atoms with Crippen molar-refractivity contribution in [3.05, 3.63) is 34.9 Å². The van der Waals surface area contributed by atoms with Gasteiger partial charge in [0.05, 0.1) is 6.10 Å². The third kappa shape index (κ3) is 6.84. The fourth-order valence-corrected chi connectivity index (χ4v) is 6.58. The lowest BCUT2D eigenvalue weighted by Crippen LogP contribution is -2.51. The van der Waals surface area contributed by atoms with Crippen LogP contribution in [0.5, 0.6) is 0 Å². The van der Waals surface area contributed by atoms with Crippen LogP contribution >= 0.6 is 0 Å². The number of rotatable bonds is 9. The van der Waals surface area contributed by atoms with Crippen LogP contribution < -0.4 is 0 Å². The summed E-state index contributed by atoms with van der Waals surface area (Å²) in [5, 5.41) is 10.4. The molecule has 2 rings (SSSR count). The molecular weight excluding hydrogens is 364 g/mol. The number of hydrogen-bond donors (Lipinski definition) is 1. The van der Waals surface area contributed by atoms with Gasteiger partial charge in [-0.05, 0) is 115 Å². The fraction of sp³-hybridized carbons (Fsp3) is 0.793. The summed E-state index contributed by atoms with van der Waals surface area (Å²) in [6.07, 6.45) is 19.4. The highest BCUT2D eigenvalue weighted by Gasteiger charge is 2.51. The van der Waals surface area contributed by atoms with Crippen LogP contribution in [0.25, 0.3) is 0 Å². The van der Waals surface area contributed by atoms with Crippen molar-refractivity contribution in [2.24, 2.45) is 29.1 Å². The SMILES string of the molecule is CC(C)=CCC/C(C)=C/CC/C(C)=C/CC[C@H]1[C@@H](C)CCC2[C@@H](C)[C@@H](O)CC[C@@]21C. The Balaban J connectivity index is 1.83. The van der Waals surface area contributed by atoms with E-state index >= 15 is 0 Å². The first-order valence-corrected chi connectivity index (χ1v) is 12.8. The van der Waals surface area contributed by atoms with Crippen LogP contribution in [0.1, 0.15) is 113 Å². The second kappa shape index (κ2) is 11.7. The molecule has 0 aliphatic heterocycles. The molecule has 2 fully saturated rings. The van der Waals surface area contributed by atoms with Gasteiger partial charge in [0.2, 0.25) is 0 Å². The van der Waals surface area contributed by atoms with Gasteiger partial charge in [0, 0.05) is 0 Å². The molecule has 1 nitrogen and oxygen atoms in total. The molecule has 1 unspecified atom stereocenters. The molecular formula is C29H50O. The van der Waals surface area contributed by atoms with E-state index in [1.165, 1.54) is 68.9 Å². The molecule has 0 bridgehead atoms. The minimum Gasteiger partial charge on any atom is -0.393 e. The van der Waals surface area contributed by atoms with Crippen molar-refractivity contribution in [3.8, 4) is 0 Å². The molecule has 0 spiro atoms. The summed E-state index contributed by atoms with van der Waals surface area (Å²) in [5.41, 5.74) is 4.95. The van der Waals surface area contributed by atoms with Gasteiger partial charge in [-0.1, -0.05) is 62.1 Å². The van der Waals surface area contributed by atoms with E-state index in [0.717, 1.165) is 18.3 Å². The van der Waals surface area contributed by atoms with Gasteiger partial charge in [-0.2, -0.15) is 0 Å². The van der Waals surface area contributed by atoms with E-state index < -0.39 is 0 Å². The highest BCUT2D eigenvalue weighted by Crippen LogP contribution is 2.58. The van der Waals surface area contributed by atoms with E-state index in [0.29, 0.717) is 17.3 Å². The minimum atomic E-state index is -0.0715. The number of hydrogen-bond acceptors (Lipinski definition) is 1. The quantitative estimate of drug-likeness (QED) is 0.374. The topological polar surface area (TPSA) is 20.2 Å². The second-order valence-electron chi connectivity index (χ2n) is 11.3. The Hall–Kier alpha value is -0.820. The summed E-state index contributed by atoms with van der Waals surface area (Å²) >= 11 is 0. The van der Waals surface area contributed by atoms with Crippen molar-refractivity contribution in [1.29, 1.82) is 0 Å². The molecule has 0 amide bonds. The maximum atomic E-state index is 10.4. The van der Waals surface area contributed by atoms with Gasteiger partial charge >= 0.3 is 0 Å². The third-order valence-electron chi connectivity index (χ3n) is 8.63. The monoisotopic (exact) mass is 414 g/mol.